The third-order valence-electron chi connectivity index (χ3n) is 6.16. The molecular weight excluding hydrogens is 338 g/mol. The highest BCUT2D eigenvalue weighted by Gasteiger charge is 2.40. The van der Waals surface area contributed by atoms with Crippen LogP contribution in [0.2, 0.25) is 0 Å². The van der Waals surface area contributed by atoms with Crippen molar-refractivity contribution < 1.29 is 9.32 Å². The number of fused-ring (bicyclic) bond motifs is 4. The minimum atomic E-state index is 0.140. The Hall–Kier alpha value is -2.14. The highest BCUT2D eigenvalue weighted by Crippen LogP contribution is 2.31. The van der Waals surface area contributed by atoms with Crippen molar-refractivity contribution in [3.8, 4) is 0 Å². The Labute approximate surface area is 161 Å². The van der Waals surface area contributed by atoms with Crippen molar-refractivity contribution in [3.05, 3.63) is 52.9 Å². The van der Waals surface area contributed by atoms with Gasteiger partial charge in [0.25, 0.3) is 0 Å². The molecule has 0 aliphatic carbocycles. The van der Waals surface area contributed by atoms with E-state index in [1.807, 2.05) is 13.8 Å². The lowest BCUT2D eigenvalue weighted by atomic mass is 9.93. The maximum atomic E-state index is 13.0. The summed E-state index contributed by atoms with van der Waals surface area (Å²) in [5, 5.41) is 4.05. The zero-order valence-electron chi connectivity index (χ0n) is 16.4. The monoisotopic (exact) mass is 367 g/mol. The largest absolute Gasteiger partial charge is 0.361 e. The summed E-state index contributed by atoms with van der Waals surface area (Å²) in [7, 11) is 0. The second-order valence-electron chi connectivity index (χ2n) is 8.05. The van der Waals surface area contributed by atoms with E-state index in [2.05, 4.69) is 45.3 Å². The number of hydrogen-bond acceptors (Lipinski definition) is 4. The van der Waals surface area contributed by atoms with E-state index in [4.69, 9.17) is 4.52 Å². The lowest BCUT2D eigenvalue weighted by Crippen LogP contribution is -2.47. The van der Waals surface area contributed by atoms with Gasteiger partial charge in [-0.25, -0.2) is 0 Å². The van der Waals surface area contributed by atoms with E-state index in [0.29, 0.717) is 18.5 Å². The quantitative estimate of drug-likeness (QED) is 0.786. The summed E-state index contributed by atoms with van der Waals surface area (Å²) in [6, 6.07) is 11.0. The summed E-state index contributed by atoms with van der Waals surface area (Å²) >= 11 is 0. The van der Waals surface area contributed by atoms with Crippen LogP contribution in [0.5, 0.6) is 0 Å². The first kappa shape index (κ1) is 18.2. The van der Waals surface area contributed by atoms with Gasteiger partial charge in [0.15, 0.2) is 0 Å². The summed E-state index contributed by atoms with van der Waals surface area (Å²) < 4.78 is 5.30. The van der Waals surface area contributed by atoms with Gasteiger partial charge in [-0.05, 0) is 51.6 Å². The molecule has 1 amide bonds. The van der Waals surface area contributed by atoms with Crippen LogP contribution in [0.4, 0.5) is 0 Å². The summed E-state index contributed by atoms with van der Waals surface area (Å²) in [6.07, 6.45) is 4.37. The molecule has 3 saturated heterocycles. The maximum absolute atomic E-state index is 13.0. The van der Waals surface area contributed by atoms with Crippen LogP contribution in [0.25, 0.3) is 0 Å². The first-order valence-corrected chi connectivity index (χ1v) is 10.1. The Morgan fingerprint density at radius 3 is 2.70 bits per heavy atom. The summed E-state index contributed by atoms with van der Waals surface area (Å²) in [6.45, 7) is 7.49. The highest BCUT2D eigenvalue weighted by atomic mass is 16.5. The minimum Gasteiger partial charge on any atom is -0.361 e. The Bertz CT molecular complexity index is 767. The van der Waals surface area contributed by atoms with Crippen molar-refractivity contribution in [2.45, 2.75) is 52.1 Å². The average Bonchev–Trinajstić information content (AvgIpc) is 2.84. The molecule has 1 aromatic heterocycles. The fourth-order valence-electron chi connectivity index (χ4n) is 4.57. The van der Waals surface area contributed by atoms with Crippen molar-refractivity contribution in [2.24, 2.45) is 5.92 Å². The van der Waals surface area contributed by atoms with Gasteiger partial charge in [-0.1, -0.05) is 35.5 Å². The molecule has 5 rings (SSSR count). The standard InChI is InChI=1S/C22H29N3O2/c1-16-21(17(2)27-23-16)15-25-20-11-10-19(22(25)26)13-24(14-20)12-6-9-18-7-4-3-5-8-18/h3-5,7-8,19-20H,6,9-15H2,1-2H3/t19-,20+/m0/s1. The van der Waals surface area contributed by atoms with Crippen LogP contribution in [0.1, 0.15) is 41.8 Å². The molecule has 0 radical (unpaired) electrons. The van der Waals surface area contributed by atoms with Gasteiger partial charge >= 0.3 is 0 Å². The number of carbonyl (C=O) groups is 1. The molecule has 3 fully saturated rings. The smallest absolute Gasteiger partial charge is 0.227 e. The number of aromatic nitrogens is 1. The Balaban J connectivity index is 1.39. The van der Waals surface area contributed by atoms with Gasteiger partial charge in [0, 0.05) is 24.7 Å². The molecular formula is C22H29N3O2. The van der Waals surface area contributed by atoms with Gasteiger partial charge in [0.05, 0.1) is 18.2 Å². The SMILES string of the molecule is Cc1noc(C)c1CN1C(=O)[C@H]2CC[C@@H]1CN(CCCc1ccccc1)C2. The van der Waals surface area contributed by atoms with E-state index in [9.17, 15) is 4.79 Å². The number of amides is 1. The second-order valence-corrected chi connectivity index (χ2v) is 8.05. The van der Waals surface area contributed by atoms with Crippen LogP contribution in [0.3, 0.4) is 0 Å². The molecule has 2 aromatic rings. The molecule has 4 heterocycles. The third kappa shape index (κ3) is 3.93. The first-order chi connectivity index (χ1) is 13.1. The molecule has 0 N–H and O–H groups in total. The summed E-state index contributed by atoms with van der Waals surface area (Å²) in [5.41, 5.74) is 3.37. The molecule has 0 unspecified atom stereocenters. The Morgan fingerprint density at radius 1 is 1.15 bits per heavy atom. The molecule has 144 valence electrons. The van der Waals surface area contributed by atoms with E-state index >= 15 is 0 Å². The first-order valence-electron chi connectivity index (χ1n) is 10.1. The van der Waals surface area contributed by atoms with Gasteiger partial charge in [0.1, 0.15) is 5.76 Å². The fourth-order valence-corrected chi connectivity index (χ4v) is 4.57. The van der Waals surface area contributed by atoms with E-state index < -0.39 is 0 Å². The summed E-state index contributed by atoms with van der Waals surface area (Å²) in [5.74, 6) is 1.29. The number of piperidine rings is 1. The van der Waals surface area contributed by atoms with Crippen molar-refractivity contribution in [1.29, 1.82) is 0 Å². The van der Waals surface area contributed by atoms with E-state index in [1.54, 1.807) is 0 Å². The van der Waals surface area contributed by atoms with Crippen LogP contribution in [-0.4, -0.2) is 46.5 Å². The maximum Gasteiger partial charge on any atom is 0.227 e. The molecule has 5 nitrogen and oxygen atoms in total. The predicted molar refractivity (Wildman–Crippen MR) is 104 cm³/mol. The zero-order valence-corrected chi connectivity index (χ0v) is 16.4. The third-order valence-corrected chi connectivity index (χ3v) is 6.16. The van der Waals surface area contributed by atoms with Crippen molar-refractivity contribution in [1.82, 2.24) is 15.0 Å². The van der Waals surface area contributed by atoms with Crippen LogP contribution < -0.4 is 0 Å². The molecule has 3 aliphatic rings. The summed E-state index contributed by atoms with van der Waals surface area (Å²) in [4.78, 5) is 17.7. The predicted octanol–water partition coefficient (Wildman–Crippen LogP) is 3.35. The second kappa shape index (κ2) is 7.85. The minimum absolute atomic E-state index is 0.140. The van der Waals surface area contributed by atoms with Crippen LogP contribution in [0, 0.1) is 19.8 Å². The number of benzene rings is 1. The van der Waals surface area contributed by atoms with Crippen LogP contribution in [0.15, 0.2) is 34.9 Å². The van der Waals surface area contributed by atoms with Crippen molar-refractivity contribution in [3.63, 3.8) is 0 Å². The molecule has 3 aliphatic heterocycles. The Morgan fingerprint density at radius 2 is 1.96 bits per heavy atom. The topological polar surface area (TPSA) is 49.6 Å². The highest BCUT2D eigenvalue weighted by molar-refractivity contribution is 5.80. The lowest BCUT2D eigenvalue weighted by Gasteiger charge is -2.36. The molecule has 0 saturated carbocycles. The number of nitrogens with zero attached hydrogens (tertiary/aromatic N) is 3. The fraction of sp³-hybridized carbons (Fsp3) is 0.545. The molecule has 1 aromatic carbocycles. The van der Waals surface area contributed by atoms with Gasteiger partial charge in [-0.15, -0.1) is 0 Å². The number of aryl methyl sites for hydroxylation is 3. The molecule has 2 atom stereocenters. The number of carbonyl (C=O) groups excluding carboxylic acids is 1. The molecule has 0 spiro atoms. The Kier molecular flexibility index (Phi) is 5.30. The van der Waals surface area contributed by atoms with Crippen LogP contribution in [-0.2, 0) is 17.8 Å². The van der Waals surface area contributed by atoms with Crippen LogP contribution >= 0.6 is 0 Å². The lowest BCUT2D eigenvalue weighted by molar-refractivity contribution is -0.140. The zero-order chi connectivity index (χ0) is 18.8. The van der Waals surface area contributed by atoms with E-state index in [0.717, 1.165) is 62.3 Å². The van der Waals surface area contributed by atoms with E-state index in [-0.39, 0.29) is 5.92 Å². The number of hydrogen-bond donors (Lipinski definition) is 0. The number of rotatable bonds is 6. The van der Waals surface area contributed by atoms with Gasteiger partial charge in [0.2, 0.25) is 5.91 Å². The normalized spacial score (nSPS) is 23.0. The molecule has 27 heavy (non-hydrogen) atoms. The van der Waals surface area contributed by atoms with Crippen molar-refractivity contribution in [2.75, 3.05) is 19.6 Å². The van der Waals surface area contributed by atoms with E-state index in [1.165, 1.54) is 5.56 Å². The molecule has 2 bridgehead atoms. The average molecular weight is 367 g/mol. The van der Waals surface area contributed by atoms with Gasteiger partial charge in [-0.3, -0.25) is 4.79 Å². The molecule has 5 heteroatoms. The van der Waals surface area contributed by atoms with Gasteiger partial charge in [-0.2, -0.15) is 0 Å². The van der Waals surface area contributed by atoms with Gasteiger partial charge < -0.3 is 14.3 Å². The van der Waals surface area contributed by atoms with Crippen molar-refractivity contribution >= 4 is 5.91 Å².